The van der Waals surface area contributed by atoms with Gasteiger partial charge in [-0.25, -0.2) is 4.98 Å². The molecule has 0 amide bonds. The number of hydrogen-bond donors (Lipinski definition) is 2. The van der Waals surface area contributed by atoms with E-state index in [9.17, 15) is 9.90 Å². The third-order valence-electron chi connectivity index (χ3n) is 13.9. The molecule has 3 saturated carbocycles. The summed E-state index contributed by atoms with van der Waals surface area (Å²) in [5.74, 6) is 2.41. The lowest BCUT2D eigenvalue weighted by molar-refractivity contribution is -0.183. The van der Waals surface area contributed by atoms with Crippen LogP contribution < -0.4 is 0 Å². The van der Waals surface area contributed by atoms with Crippen LogP contribution >= 0.6 is 12.6 Å². The van der Waals surface area contributed by atoms with Crippen LogP contribution in [0.15, 0.2) is 16.8 Å². The second kappa shape index (κ2) is 8.97. The number of ether oxygens (including phenoxy) is 1. The summed E-state index contributed by atoms with van der Waals surface area (Å²) in [6.07, 6.45) is 10.8. The number of aromatic hydroxyl groups is 1. The lowest BCUT2D eigenvalue weighted by Crippen LogP contribution is -2.65. The SMILES string of the molecule is CCOC(=O)[C@]12CC[C@@H](C)[C@H](C)C1C1=CC[C@@H]3[C@@]4(C)Cc5c(O)nc(S)nc5C(C)(C)[C@@H]4CC[C@@]3(C)[C@]1(C)CC2. The summed E-state index contributed by atoms with van der Waals surface area (Å²) in [7, 11) is 0. The predicted molar refractivity (Wildman–Crippen MR) is 160 cm³/mol. The quantitative estimate of drug-likeness (QED) is 0.166. The number of allylic oxidation sites excluding steroid dienone is 2. The number of hydrogen-bond acceptors (Lipinski definition) is 6. The van der Waals surface area contributed by atoms with Crippen molar-refractivity contribution in [1.82, 2.24) is 9.97 Å². The average Bonchev–Trinajstić information content (AvgIpc) is 2.87. The molecule has 9 atom stereocenters. The van der Waals surface area contributed by atoms with Gasteiger partial charge in [-0.1, -0.05) is 60.1 Å². The van der Waals surface area contributed by atoms with Gasteiger partial charge in [0, 0.05) is 11.0 Å². The highest BCUT2D eigenvalue weighted by molar-refractivity contribution is 7.80. The molecule has 1 aromatic rings. The zero-order valence-corrected chi connectivity index (χ0v) is 26.8. The molecule has 0 aliphatic heterocycles. The first-order valence-electron chi connectivity index (χ1n) is 15.8. The van der Waals surface area contributed by atoms with Crippen LogP contribution in [-0.2, 0) is 21.4 Å². The Morgan fingerprint density at radius 1 is 1.05 bits per heavy atom. The normalized spacial score (nSPS) is 45.1. The van der Waals surface area contributed by atoms with Gasteiger partial charge in [0.1, 0.15) is 0 Å². The minimum absolute atomic E-state index is 0.00858. The van der Waals surface area contributed by atoms with Crippen LogP contribution in [0.2, 0.25) is 0 Å². The van der Waals surface area contributed by atoms with Crippen LogP contribution in [0.5, 0.6) is 5.88 Å². The lowest BCUT2D eigenvalue weighted by atomic mass is 9.33. The summed E-state index contributed by atoms with van der Waals surface area (Å²) in [6.45, 7) is 19.5. The number of esters is 1. The Morgan fingerprint density at radius 3 is 2.48 bits per heavy atom. The number of carbonyl (C=O) groups excluding carboxylic acids is 1. The zero-order valence-electron chi connectivity index (χ0n) is 25.9. The molecule has 1 N–H and O–H groups in total. The third kappa shape index (κ3) is 3.43. The van der Waals surface area contributed by atoms with Crippen LogP contribution in [0.1, 0.15) is 112 Å². The molecule has 0 saturated heterocycles. The summed E-state index contributed by atoms with van der Waals surface area (Å²) in [5.41, 5.74) is 3.07. The van der Waals surface area contributed by atoms with Gasteiger partial charge < -0.3 is 9.84 Å². The maximum Gasteiger partial charge on any atom is 0.312 e. The van der Waals surface area contributed by atoms with Crippen molar-refractivity contribution in [2.75, 3.05) is 6.61 Å². The van der Waals surface area contributed by atoms with Crippen LogP contribution in [0, 0.1) is 51.2 Å². The fraction of sp³-hybridized carbons (Fsp3) is 0.794. The van der Waals surface area contributed by atoms with E-state index in [2.05, 4.69) is 72.2 Å². The van der Waals surface area contributed by atoms with Gasteiger partial charge in [0.05, 0.1) is 17.7 Å². The molecule has 5 aliphatic carbocycles. The smallest absolute Gasteiger partial charge is 0.312 e. The number of rotatable bonds is 2. The van der Waals surface area contributed by atoms with Crippen LogP contribution in [-0.4, -0.2) is 27.7 Å². The average molecular weight is 567 g/mol. The maximum atomic E-state index is 13.7. The van der Waals surface area contributed by atoms with E-state index in [0.29, 0.717) is 35.4 Å². The van der Waals surface area contributed by atoms with Crippen molar-refractivity contribution < 1.29 is 14.6 Å². The first kappa shape index (κ1) is 28.6. The van der Waals surface area contributed by atoms with E-state index in [-0.39, 0.29) is 44.8 Å². The summed E-state index contributed by atoms with van der Waals surface area (Å²) in [4.78, 5) is 22.8. The summed E-state index contributed by atoms with van der Waals surface area (Å²) in [5, 5.41) is 11.4. The van der Waals surface area contributed by atoms with Crippen LogP contribution in [0.3, 0.4) is 0 Å². The van der Waals surface area contributed by atoms with Crippen molar-refractivity contribution in [3.05, 3.63) is 22.9 Å². The second-order valence-corrected chi connectivity index (χ2v) is 16.0. The molecule has 0 bridgehead atoms. The standard InChI is InChI=1S/C34H50N2O3S/c1-9-39-28(38)34-15-12-19(2)20(3)25(34)22-10-11-24-31(6)18-21-26(35-29(40)36-27(21)37)30(4,5)23(31)13-14-33(24,8)32(22,7)16-17-34/h10,19-20,23-25H,9,11-18H2,1-8H3,(H2,35,36,37,40)/t19-,20+,23+,24-,25?,31+,32-,33-,34+/m1/s1. The van der Waals surface area contributed by atoms with Gasteiger partial charge >= 0.3 is 5.97 Å². The topological polar surface area (TPSA) is 72.3 Å². The van der Waals surface area contributed by atoms with E-state index in [1.54, 1.807) is 5.57 Å². The van der Waals surface area contributed by atoms with E-state index >= 15 is 0 Å². The molecule has 0 spiro atoms. The number of carbonyl (C=O) groups is 1. The summed E-state index contributed by atoms with van der Waals surface area (Å²) < 4.78 is 5.82. The van der Waals surface area contributed by atoms with Crippen molar-refractivity contribution in [3.8, 4) is 5.88 Å². The highest BCUT2D eigenvalue weighted by atomic mass is 32.1. The molecule has 220 valence electrons. The molecule has 6 heteroatoms. The molecule has 5 nitrogen and oxygen atoms in total. The molecule has 40 heavy (non-hydrogen) atoms. The predicted octanol–water partition coefficient (Wildman–Crippen LogP) is 7.71. The Morgan fingerprint density at radius 2 is 1.77 bits per heavy atom. The number of aromatic nitrogens is 2. The molecule has 1 aromatic heterocycles. The molecular formula is C34H50N2O3S. The Bertz CT molecular complexity index is 1280. The highest BCUT2D eigenvalue weighted by Crippen LogP contribution is 2.75. The van der Waals surface area contributed by atoms with Crippen molar-refractivity contribution in [2.45, 2.75) is 117 Å². The fourth-order valence-corrected chi connectivity index (χ4v) is 11.8. The Hall–Kier alpha value is -1.56. The van der Waals surface area contributed by atoms with E-state index in [1.807, 2.05) is 6.92 Å². The minimum atomic E-state index is -0.378. The fourth-order valence-electron chi connectivity index (χ4n) is 11.6. The molecule has 3 fully saturated rings. The van der Waals surface area contributed by atoms with Crippen LogP contribution in [0.25, 0.3) is 0 Å². The van der Waals surface area contributed by atoms with Crippen molar-refractivity contribution in [1.29, 1.82) is 0 Å². The van der Waals surface area contributed by atoms with E-state index in [0.717, 1.165) is 56.2 Å². The molecule has 0 aromatic carbocycles. The van der Waals surface area contributed by atoms with Crippen molar-refractivity contribution in [3.63, 3.8) is 0 Å². The number of nitrogens with zero attached hydrogens (tertiary/aromatic N) is 2. The van der Waals surface area contributed by atoms with Gasteiger partial charge in [-0.2, -0.15) is 4.98 Å². The van der Waals surface area contributed by atoms with Gasteiger partial charge in [0.25, 0.3) is 0 Å². The molecule has 6 rings (SSSR count). The first-order valence-corrected chi connectivity index (χ1v) is 16.3. The summed E-state index contributed by atoms with van der Waals surface area (Å²) >= 11 is 4.42. The molecular weight excluding hydrogens is 516 g/mol. The second-order valence-electron chi connectivity index (χ2n) is 15.6. The Kier molecular flexibility index (Phi) is 6.40. The zero-order chi connectivity index (χ0) is 29.0. The molecule has 1 heterocycles. The number of fused-ring (bicyclic) bond motifs is 8. The highest BCUT2D eigenvalue weighted by Gasteiger charge is 2.69. The maximum absolute atomic E-state index is 13.7. The van der Waals surface area contributed by atoms with E-state index < -0.39 is 0 Å². The Labute approximate surface area is 246 Å². The molecule has 5 aliphatic rings. The van der Waals surface area contributed by atoms with Gasteiger partial charge in [-0.05, 0) is 104 Å². The summed E-state index contributed by atoms with van der Waals surface area (Å²) in [6, 6.07) is 0. The monoisotopic (exact) mass is 566 g/mol. The third-order valence-corrected chi connectivity index (χ3v) is 14.1. The number of thiol groups is 1. The molecule has 0 radical (unpaired) electrons. The van der Waals surface area contributed by atoms with Gasteiger partial charge in [-0.15, -0.1) is 12.6 Å². The van der Waals surface area contributed by atoms with E-state index in [1.165, 1.54) is 6.42 Å². The van der Waals surface area contributed by atoms with Crippen molar-refractivity contribution >= 4 is 18.6 Å². The van der Waals surface area contributed by atoms with Crippen molar-refractivity contribution in [2.24, 2.45) is 51.2 Å². The Balaban J connectivity index is 1.47. The first-order chi connectivity index (χ1) is 18.7. The lowest BCUT2D eigenvalue weighted by Gasteiger charge is -2.70. The van der Waals surface area contributed by atoms with E-state index in [4.69, 9.17) is 9.72 Å². The molecule has 1 unspecified atom stereocenters. The minimum Gasteiger partial charge on any atom is -0.493 e. The largest absolute Gasteiger partial charge is 0.493 e. The van der Waals surface area contributed by atoms with Crippen LogP contribution in [0.4, 0.5) is 0 Å². The van der Waals surface area contributed by atoms with Gasteiger partial charge in [0.2, 0.25) is 5.88 Å². The van der Waals surface area contributed by atoms with Gasteiger partial charge in [0.15, 0.2) is 5.16 Å². The van der Waals surface area contributed by atoms with Gasteiger partial charge in [-0.3, -0.25) is 4.79 Å².